The van der Waals surface area contributed by atoms with Gasteiger partial charge in [0, 0.05) is 12.8 Å². The molecule has 1 aliphatic rings. The highest BCUT2D eigenvalue weighted by atomic mass is 14.7. The highest BCUT2D eigenvalue weighted by Crippen LogP contribution is 2.19. The van der Waals surface area contributed by atoms with Gasteiger partial charge in [0.1, 0.15) is 0 Å². The van der Waals surface area contributed by atoms with Crippen molar-refractivity contribution < 1.29 is 0 Å². The van der Waals surface area contributed by atoms with E-state index in [2.05, 4.69) is 29.3 Å². The fraction of sp³-hybridized carbons (Fsp3) is 0.357. The van der Waals surface area contributed by atoms with E-state index in [9.17, 15) is 0 Å². The average Bonchev–Trinajstić information content (AvgIpc) is 2.79. The molecule has 1 heteroatoms. The molecule has 0 bridgehead atoms. The summed E-state index contributed by atoms with van der Waals surface area (Å²) < 4.78 is 0. The minimum Gasteiger partial charge on any atom is -0.293 e. The van der Waals surface area contributed by atoms with Crippen molar-refractivity contribution >= 4 is 6.21 Å². The van der Waals surface area contributed by atoms with Crippen LogP contribution < -0.4 is 0 Å². The smallest absolute Gasteiger partial charge is 0.0395 e. The largest absolute Gasteiger partial charge is 0.293 e. The first kappa shape index (κ1) is 10.2. The maximum absolute atomic E-state index is 4.45. The standard InChI is InChI=1S/C14H17N/c1-2-8-14(9-3-1)12-15-11-10-13-6-4-5-7-13/h1-4,6,8-9,12-13H,5,7,10-11H2. The van der Waals surface area contributed by atoms with Crippen molar-refractivity contribution in [3.63, 3.8) is 0 Å². The van der Waals surface area contributed by atoms with Gasteiger partial charge in [0.15, 0.2) is 0 Å². The van der Waals surface area contributed by atoms with Gasteiger partial charge in [-0.3, -0.25) is 4.99 Å². The van der Waals surface area contributed by atoms with E-state index in [1.54, 1.807) is 0 Å². The van der Waals surface area contributed by atoms with Crippen LogP contribution in [0, 0.1) is 5.92 Å². The van der Waals surface area contributed by atoms with Crippen molar-refractivity contribution in [2.45, 2.75) is 19.3 Å². The molecule has 0 spiro atoms. The average molecular weight is 199 g/mol. The Morgan fingerprint density at radius 2 is 2.13 bits per heavy atom. The highest BCUT2D eigenvalue weighted by molar-refractivity contribution is 5.79. The zero-order valence-corrected chi connectivity index (χ0v) is 8.97. The predicted molar refractivity (Wildman–Crippen MR) is 65.4 cm³/mol. The number of aliphatic imine (C=N–C) groups is 1. The minimum atomic E-state index is 0.776. The van der Waals surface area contributed by atoms with E-state index in [-0.39, 0.29) is 0 Å². The summed E-state index contributed by atoms with van der Waals surface area (Å²) in [7, 11) is 0. The quantitative estimate of drug-likeness (QED) is 0.520. The van der Waals surface area contributed by atoms with Crippen molar-refractivity contribution in [3.05, 3.63) is 48.0 Å². The summed E-state index contributed by atoms with van der Waals surface area (Å²) in [5.41, 5.74) is 1.19. The normalized spacial score (nSPS) is 20.1. The molecule has 0 fully saturated rings. The van der Waals surface area contributed by atoms with Crippen LogP contribution in [0.5, 0.6) is 0 Å². The molecule has 0 amide bonds. The van der Waals surface area contributed by atoms with Gasteiger partial charge in [0.25, 0.3) is 0 Å². The Labute approximate surface area is 91.6 Å². The van der Waals surface area contributed by atoms with Gasteiger partial charge in [-0.25, -0.2) is 0 Å². The van der Waals surface area contributed by atoms with Crippen LogP contribution in [-0.4, -0.2) is 12.8 Å². The van der Waals surface area contributed by atoms with E-state index in [1.807, 2.05) is 24.4 Å². The summed E-state index contributed by atoms with van der Waals surface area (Å²) in [5.74, 6) is 0.776. The molecule has 0 aliphatic heterocycles. The number of hydrogen-bond donors (Lipinski definition) is 0. The van der Waals surface area contributed by atoms with Crippen LogP contribution in [-0.2, 0) is 0 Å². The van der Waals surface area contributed by atoms with E-state index >= 15 is 0 Å². The molecule has 0 N–H and O–H groups in total. The molecular weight excluding hydrogens is 182 g/mol. The third-order valence-corrected chi connectivity index (χ3v) is 2.78. The van der Waals surface area contributed by atoms with Crippen molar-refractivity contribution in [1.82, 2.24) is 0 Å². The fourth-order valence-corrected chi connectivity index (χ4v) is 1.89. The van der Waals surface area contributed by atoms with Gasteiger partial charge in [-0.15, -0.1) is 0 Å². The second kappa shape index (κ2) is 5.50. The fourth-order valence-electron chi connectivity index (χ4n) is 1.89. The maximum Gasteiger partial charge on any atom is 0.0395 e. The summed E-state index contributed by atoms with van der Waals surface area (Å²) in [6.07, 6.45) is 10.4. The van der Waals surface area contributed by atoms with Crippen LogP contribution in [0.25, 0.3) is 0 Å². The number of nitrogens with zero attached hydrogens (tertiary/aromatic N) is 1. The van der Waals surface area contributed by atoms with Crippen LogP contribution in [0.3, 0.4) is 0 Å². The molecule has 1 aromatic rings. The van der Waals surface area contributed by atoms with Crippen molar-refractivity contribution in [2.75, 3.05) is 6.54 Å². The van der Waals surface area contributed by atoms with Crippen LogP contribution in [0.4, 0.5) is 0 Å². The first-order chi connectivity index (χ1) is 7.45. The zero-order valence-electron chi connectivity index (χ0n) is 8.97. The molecule has 15 heavy (non-hydrogen) atoms. The summed E-state index contributed by atoms with van der Waals surface area (Å²) in [6, 6.07) is 10.3. The lowest BCUT2D eigenvalue weighted by molar-refractivity contribution is 0.588. The monoisotopic (exact) mass is 199 g/mol. The van der Waals surface area contributed by atoms with Crippen LogP contribution in [0.15, 0.2) is 47.5 Å². The van der Waals surface area contributed by atoms with Gasteiger partial charge in [0.2, 0.25) is 0 Å². The SMILES string of the molecule is C1=CC(CCN=Cc2ccccc2)CC1. The molecule has 0 saturated heterocycles. The molecule has 0 heterocycles. The Kier molecular flexibility index (Phi) is 3.72. The van der Waals surface area contributed by atoms with Gasteiger partial charge < -0.3 is 0 Å². The lowest BCUT2D eigenvalue weighted by Gasteiger charge is -2.03. The Morgan fingerprint density at radius 1 is 1.27 bits per heavy atom. The Bertz CT molecular complexity index is 338. The lowest BCUT2D eigenvalue weighted by atomic mass is 10.1. The van der Waals surface area contributed by atoms with Crippen LogP contribution in [0.2, 0.25) is 0 Å². The number of rotatable bonds is 4. The summed E-state index contributed by atoms with van der Waals surface area (Å²) in [4.78, 5) is 4.45. The molecule has 1 nitrogen and oxygen atoms in total. The van der Waals surface area contributed by atoms with Crippen molar-refractivity contribution in [1.29, 1.82) is 0 Å². The molecule has 1 aliphatic carbocycles. The van der Waals surface area contributed by atoms with E-state index in [4.69, 9.17) is 0 Å². The lowest BCUT2D eigenvalue weighted by Crippen LogP contribution is -1.94. The molecule has 0 saturated carbocycles. The van der Waals surface area contributed by atoms with Crippen molar-refractivity contribution in [3.8, 4) is 0 Å². The molecule has 1 atom stereocenters. The Balaban J connectivity index is 1.73. The number of benzene rings is 1. The summed E-state index contributed by atoms with van der Waals surface area (Å²) >= 11 is 0. The second-order valence-electron chi connectivity index (χ2n) is 4.00. The molecule has 0 aromatic heterocycles. The van der Waals surface area contributed by atoms with Gasteiger partial charge >= 0.3 is 0 Å². The van der Waals surface area contributed by atoms with Gasteiger partial charge in [-0.05, 0) is 30.7 Å². The molecule has 1 unspecified atom stereocenters. The maximum atomic E-state index is 4.45. The Morgan fingerprint density at radius 3 is 2.87 bits per heavy atom. The second-order valence-corrected chi connectivity index (χ2v) is 4.00. The third-order valence-electron chi connectivity index (χ3n) is 2.78. The first-order valence-corrected chi connectivity index (χ1v) is 5.67. The van der Waals surface area contributed by atoms with Gasteiger partial charge in [-0.2, -0.15) is 0 Å². The molecule has 78 valence electrons. The van der Waals surface area contributed by atoms with E-state index < -0.39 is 0 Å². The van der Waals surface area contributed by atoms with Crippen LogP contribution in [0.1, 0.15) is 24.8 Å². The molecule has 1 aromatic carbocycles. The molecular formula is C14H17N. The summed E-state index contributed by atoms with van der Waals surface area (Å²) in [5, 5.41) is 0. The first-order valence-electron chi connectivity index (χ1n) is 5.67. The van der Waals surface area contributed by atoms with Gasteiger partial charge in [0.05, 0.1) is 0 Å². The summed E-state index contributed by atoms with van der Waals surface area (Å²) in [6.45, 7) is 0.948. The minimum absolute atomic E-state index is 0.776. The zero-order chi connectivity index (χ0) is 10.3. The predicted octanol–water partition coefficient (Wildman–Crippen LogP) is 3.46. The van der Waals surface area contributed by atoms with Crippen LogP contribution >= 0.6 is 0 Å². The van der Waals surface area contributed by atoms with E-state index in [0.717, 1.165) is 12.5 Å². The van der Waals surface area contributed by atoms with E-state index in [0.29, 0.717) is 0 Å². The Hall–Kier alpha value is -1.37. The van der Waals surface area contributed by atoms with Gasteiger partial charge in [-0.1, -0.05) is 42.5 Å². The third kappa shape index (κ3) is 3.35. The molecule has 0 radical (unpaired) electrons. The molecule has 2 rings (SSSR count). The number of hydrogen-bond acceptors (Lipinski definition) is 1. The topological polar surface area (TPSA) is 12.4 Å². The highest BCUT2D eigenvalue weighted by Gasteiger charge is 2.07. The van der Waals surface area contributed by atoms with Crippen molar-refractivity contribution in [2.24, 2.45) is 10.9 Å². The van der Waals surface area contributed by atoms with E-state index in [1.165, 1.54) is 24.8 Å². The number of allylic oxidation sites excluding steroid dienone is 2.